The van der Waals surface area contributed by atoms with E-state index >= 15 is 0 Å². The van der Waals surface area contributed by atoms with Crippen molar-refractivity contribution in [3.05, 3.63) is 46.5 Å². The zero-order valence-electron chi connectivity index (χ0n) is 12.0. The Labute approximate surface area is 127 Å². The van der Waals surface area contributed by atoms with E-state index < -0.39 is 0 Å². The second kappa shape index (κ2) is 7.54. The minimum Gasteiger partial charge on any atom is -0.466 e. The third kappa shape index (κ3) is 4.68. The maximum absolute atomic E-state index is 11.4. The van der Waals surface area contributed by atoms with Gasteiger partial charge in [-0.15, -0.1) is 11.3 Å². The monoisotopic (exact) mass is 303 g/mol. The minimum atomic E-state index is -0.266. The molecule has 1 N–H and O–H groups in total. The number of ether oxygens (including phenoxy) is 1. The second-order valence-corrected chi connectivity index (χ2v) is 5.21. The first-order chi connectivity index (χ1) is 10.2. The van der Waals surface area contributed by atoms with E-state index in [-0.39, 0.29) is 12.4 Å². The number of thiazole rings is 1. The maximum Gasteiger partial charge on any atom is 0.311 e. The molecule has 0 saturated heterocycles. The fourth-order valence-corrected chi connectivity index (χ4v) is 2.35. The first-order valence-corrected chi connectivity index (χ1v) is 7.51. The highest BCUT2D eigenvalue weighted by Gasteiger charge is 2.07. The average molecular weight is 303 g/mol. The summed E-state index contributed by atoms with van der Waals surface area (Å²) in [6, 6.07) is 7.98. The molecule has 0 aliphatic rings. The lowest BCUT2D eigenvalue weighted by Crippen LogP contribution is -2.07. The van der Waals surface area contributed by atoms with Crippen LogP contribution in [0, 0.1) is 6.92 Å². The SMILES string of the molecule is CCOC(=O)Cc1csc(NN=Cc2ccccc2C)n1. The number of nitrogens with one attached hydrogen (secondary N) is 1. The molecule has 0 aliphatic carbocycles. The van der Waals surface area contributed by atoms with Gasteiger partial charge in [-0.3, -0.25) is 10.2 Å². The molecule has 2 rings (SSSR count). The number of hydrogen-bond donors (Lipinski definition) is 1. The van der Waals surface area contributed by atoms with Crippen LogP contribution in [0.15, 0.2) is 34.7 Å². The fraction of sp³-hybridized carbons (Fsp3) is 0.267. The summed E-state index contributed by atoms with van der Waals surface area (Å²) in [7, 11) is 0. The van der Waals surface area contributed by atoms with Gasteiger partial charge in [-0.2, -0.15) is 5.10 Å². The van der Waals surface area contributed by atoms with Crippen molar-refractivity contribution in [2.75, 3.05) is 12.0 Å². The number of esters is 1. The van der Waals surface area contributed by atoms with Crippen LogP contribution in [0.4, 0.5) is 5.13 Å². The van der Waals surface area contributed by atoms with E-state index in [1.54, 1.807) is 13.1 Å². The number of nitrogens with zero attached hydrogens (tertiary/aromatic N) is 2. The summed E-state index contributed by atoms with van der Waals surface area (Å²) in [6.07, 6.45) is 1.94. The van der Waals surface area contributed by atoms with Crippen molar-refractivity contribution in [2.24, 2.45) is 5.10 Å². The smallest absolute Gasteiger partial charge is 0.311 e. The van der Waals surface area contributed by atoms with Crippen LogP contribution >= 0.6 is 11.3 Å². The van der Waals surface area contributed by atoms with E-state index in [1.807, 2.05) is 36.6 Å². The van der Waals surface area contributed by atoms with Gasteiger partial charge in [0.15, 0.2) is 0 Å². The molecule has 0 unspecified atom stereocenters. The summed E-state index contributed by atoms with van der Waals surface area (Å²) in [5, 5.41) is 6.63. The Bertz CT molecular complexity index is 637. The molecular formula is C15H17N3O2S. The Balaban J connectivity index is 1.91. The van der Waals surface area contributed by atoms with Gasteiger partial charge in [0.25, 0.3) is 0 Å². The van der Waals surface area contributed by atoms with Gasteiger partial charge in [-0.1, -0.05) is 24.3 Å². The number of hydrogen-bond acceptors (Lipinski definition) is 6. The van der Waals surface area contributed by atoms with Crippen LogP contribution in [0.5, 0.6) is 0 Å². The Morgan fingerprint density at radius 1 is 1.48 bits per heavy atom. The van der Waals surface area contributed by atoms with Gasteiger partial charge in [-0.05, 0) is 25.0 Å². The van der Waals surface area contributed by atoms with Gasteiger partial charge in [0.05, 0.1) is 24.9 Å². The Morgan fingerprint density at radius 3 is 3.05 bits per heavy atom. The van der Waals surface area contributed by atoms with Crippen molar-refractivity contribution in [3.63, 3.8) is 0 Å². The summed E-state index contributed by atoms with van der Waals surface area (Å²) in [5.41, 5.74) is 5.76. The molecule has 110 valence electrons. The number of aromatic nitrogens is 1. The normalized spacial score (nSPS) is 10.8. The zero-order valence-corrected chi connectivity index (χ0v) is 12.8. The number of benzene rings is 1. The molecule has 0 radical (unpaired) electrons. The van der Waals surface area contributed by atoms with Crippen molar-refractivity contribution in [1.29, 1.82) is 0 Å². The van der Waals surface area contributed by atoms with Crippen molar-refractivity contribution >= 4 is 28.7 Å². The highest BCUT2D eigenvalue weighted by molar-refractivity contribution is 7.13. The van der Waals surface area contributed by atoms with Gasteiger partial charge in [0, 0.05) is 5.38 Å². The van der Waals surface area contributed by atoms with E-state index in [1.165, 1.54) is 11.3 Å². The van der Waals surface area contributed by atoms with E-state index in [2.05, 4.69) is 15.5 Å². The Hall–Kier alpha value is -2.21. The fourth-order valence-electron chi connectivity index (χ4n) is 1.69. The summed E-state index contributed by atoms with van der Waals surface area (Å²) >= 11 is 1.41. The van der Waals surface area contributed by atoms with Crippen molar-refractivity contribution < 1.29 is 9.53 Å². The molecule has 0 amide bonds. The predicted molar refractivity (Wildman–Crippen MR) is 84.8 cm³/mol. The molecule has 0 fully saturated rings. The third-order valence-electron chi connectivity index (χ3n) is 2.73. The molecule has 1 aromatic heterocycles. The molecule has 6 heteroatoms. The Kier molecular flexibility index (Phi) is 5.45. The lowest BCUT2D eigenvalue weighted by Gasteiger charge is -1.99. The van der Waals surface area contributed by atoms with Gasteiger partial charge in [0.1, 0.15) is 0 Å². The number of hydrazone groups is 1. The third-order valence-corrected chi connectivity index (χ3v) is 3.53. The molecule has 1 aromatic carbocycles. The number of carbonyl (C=O) groups is 1. The molecule has 0 saturated carbocycles. The van der Waals surface area contributed by atoms with E-state index in [4.69, 9.17) is 4.74 Å². The van der Waals surface area contributed by atoms with E-state index in [0.29, 0.717) is 17.4 Å². The van der Waals surface area contributed by atoms with Gasteiger partial charge in [-0.25, -0.2) is 4.98 Å². The van der Waals surface area contributed by atoms with Crippen LogP contribution in [0.3, 0.4) is 0 Å². The van der Waals surface area contributed by atoms with Crippen molar-refractivity contribution in [3.8, 4) is 0 Å². The zero-order chi connectivity index (χ0) is 15.1. The van der Waals surface area contributed by atoms with Gasteiger partial charge < -0.3 is 4.74 Å². The second-order valence-electron chi connectivity index (χ2n) is 4.35. The average Bonchev–Trinajstić information content (AvgIpc) is 2.88. The van der Waals surface area contributed by atoms with Crippen LogP contribution < -0.4 is 5.43 Å². The predicted octanol–water partition coefficient (Wildman–Crippen LogP) is 3.00. The highest BCUT2D eigenvalue weighted by atomic mass is 32.1. The number of carbonyl (C=O) groups excluding carboxylic acids is 1. The van der Waals surface area contributed by atoms with Gasteiger partial charge >= 0.3 is 5.97 Å². The number of anilines is 1. The molecule has 0 atom stereocenters. The summed E-state index contributed by atoms with van der Waals surface area (Å²) in [6.45, 7) is 4.20. The molecule has 5 nitrogen and oxygen atoms in total. The number of aryl methyl sites for hydroxylation is 1. The highest BCUT2D eigenvalue weighted by Crippen LogP contribution is 2.16. The lowest BCUT2D eigenvalue weighted by atomic mass is 10.1. The molecule has 2 aromatic rings. The largest absolute Gasteiger partial charge is 0.466 e. The standard InChI is InChI=1S/C15H17N3O2S/c1-3-20-14(19)8-13-10-21-15(17-13)18-16-9-12-7-5-4-6-11(12)2/h4-7,9-10H,3,8H2,1-2H3,(H,17,18). The molecular weight excluding hydrogens is 286 g/mol. The minimum absolute atomic E-state index is 0.188. The molecule has 21 heavy (non-hydrogen) atoms. The van der Waals surface area contributed by atoms with Crippen LogP contribution in [-0.4, -0.2) is 23.8 Å². The summed E-state index contributed by atoms with van der Waals surface area (Å²) in [5.74, 6) is -0.266. The Morgan fingerprint density at radius 2 is 2.29 bits per heavy atom. The van der Waals surface area contributed by atoms with Gasteiger partial charge in [0.2, 0.25) is 5.13 Å². The maximum atomic E-state index is 11.4. The first kappa shape index (κ1) is 15.2. The van der Waals surface area contributed by atoms with Crippen LogP contribution in [0.2, 0.25) is 0 Å². The van der Waals surface area contributed by atoms with E-state index in [9.17, 15) is 4.79 Å². The van der Waals surface area contributed by atoms with Crippen molar-refractivity contribution in [1.82, 2.24) is 4.98 Å². The van der Waals surface area contributed by atoms with Crippen molar-refractivity contribution in [2.45, 2.75) is 20.3 Å². The van der Waals surface area contributed by atoms with E-state index in [0.717, 1.165) is 11.1 Å². The number of rotatable bonds is 6. The molecule has 0 bridgehead atoms. The molecule has 0 spiro atoms. The molecule has 0 aliphatic heterocycles. The quantitative estimate of drug-likeness (QED) is 0.506. The first-order valence-electron chi connectivity index (χ1n) is 6.63. The molecule has 1 heterocycles. The van der Waals surface area contributed by atoms with Crippen LogP contribution in [0.25, 0.3) is 0 Å². The van der Waals surface area contributed by atoms with Crippen LogP contribution in [-0.2, 0) is 16.0 Å². The topological polar surface area (TPSA) is 63.6 Å². The van der Waals surface area contributed by atoms with Crippen LogP contribution in [0.1, 0.15) is 23.7 Å². The summed E-state index contributed by atoms with van der Waals surface area (Å²) < 4.78 is 4.88. The summed E-state index contributed by atoms with van der Waals surface area (Å²) in [4.78, 5) is 15.6. The lowest BCUT2D eigenvalue weighted by molar-refractivity contribution is -0.142.